The number of fused-ring (bicyclic) bond motifs is 1. The van der Waals surface area contributed by atoms with Crippen molar-refractivity contribution < 1.29 is 28.2 Å². The molecule has 0 spiro atoms. The van der Waals surface area contributed by atoms with Crippen LogP contribution >= 0.6 is 0 Å². The van der Waals surface area contributed by atoms with Crippen molar-refractivity contribution in [1.82, 2.24) is 0 Å². The van der Waals surface area contributed by atoms with E-state index in [-0.39, 0.29) is 17.1 Å². The fourth-order valence-corrected chi connectivity index (χ4v) is 2.39. The van der Waals surface area contributed by atoms with E-state index in [1.807, 2.05) is 0 Å². The van der Waals surface area contributed by atoms with Crippen LogP contribution in [0.15, 0.2) is 48.2 Å². The number of Topliss-reactive ketones (excluding diaryl/α,β-unsaturated/α-hetero) is 1. The summed E-state index contributed by atoms with van der Waals surface area (Å²) >= 11 is 0. The van der Waals surface area contributed by atoms with Gasteiger partial charge in [0.05, 0.1) is 12.7 Å². The highest BCUT2D eigenvalue weighted by molar-refractivity contribution is 6.14. The molecule has 0 N–H and O–H groups in total. The molecule has 0 bridgehead atoms. The van der Waals surface area contributed by atoms with E-state index in [1.165, 1.54) is 25.3 Å². The lowest BCUT2D eigenvalue weighted by Crippen LogP contribution is -2.24. The number of esters is 1. The quantitative estimate of drug-likeness (QED) is 0.630. The van der Waals surface area contributed by atoms with Gasteiger partial charge in [0, 0.05) is 11.6 Å². The van der Waals surface area contributed by atoms with E-state index in [2.05, 4.69) is 4.74 Å². The molecule has 2 aromatic carbocycles. The summed E-state index contributed by atoms with van der Waals surface area (Å²) in [6.45, 7) is 1.55. The Labute approximate surface area is 143 Å². The number of hydrogen-bond donors (Lipinski definition) is 0. The standard InChI is InChI=1S/C19H15FO5/c1-11(19(22)23-2)24-13-7-8-14-16(10-13)25-17(18(14)21)9-12-5-3-4-6-15(12)20/h3-11H,1-2H3/b17-9-/t11-/m1/s1. The van der Waals surface area contributed by atoms with Crippen LogP contribution in [0.5, 0.6) is 11.5 Å². The third-order valence-corrected chi connectivity index (χ3v) is 3.68. The van der Waals surface area contributed by atoms with Crippen LogP contribution in [0, 0.1) is 5.82 Å². The summed E-state index contributed by atoms with van der Waals surface area (Å²) in [6.07, 6.45) is 0.559. The Kier molecular flexibility index (Phi) is 4.52. The highest BCUT2D eigenvalue weighted by Crippen LogP contribution is 2.35. The van der Waals surface area contributed by atoms with Gasteiger partial charge in [0.2, 0.25) is 5.78 Å². The SMILES string of the molecule is COC(=O)[C@@H](C)Oc1ccc2c(c1)O/C(=C\c1ccccc1F)C2=O. The smallest absolute Gasteiger partial charge is 0.346 e. The Hall–Kier alpha value is -3.15. The first kappa shape index (κ1) is 16.7. The molecule has 0 unspecified atom stereocenters. The first-order valence-electron chi connectivity index (χ1n) is 7.57. The van der Waals surface area contributed by atoms with Crippen LogP contribution in [-0.4, -0.2) is 25.0 Å². The molecule has 1 atom stereocenters. The van der Waals surface area contributed by atoms with Gasteiger partial charge in [-0.3, -0.25) is 4.79 Å². The first-order valence-corrected chi connectivity index (χ1v) is 7.57. The van der Waals surface area contributed by atoms with Crippen molar-refractivity contribution in [2.75, 3.05) is 7.11 Å². The third kappa shape index (κ3) is 3.38. The summed E-state index contributed by atoms with van der Waals surface area (Å²) in [7, 11) is 1.27. The highest BCUT2D eigenvalue weighted by atomic mass is 19.1. The zero-order valence-electron chi connectivity index (χ0n) is 13.6. The molecule has 0 radical (unpaired) electrons. The molecular formula is C19H15FO5. The third-order valence-electron chi connectivity index (χ3n) is 3.68. The fraction of sp³-hybridized carbons (Fsp3) is 0.158. The average molecular weight is 342 g/mol. The molecule has 3 rings (SSSR count). The number of allylic oxidation sites excluding steroid dienone is 1. The van der Waals surface area contributed by atoms with Gasteiger partial charge in [0.25, 0.3) is 0 Å². The van der Waals surface area contributed by atoms with Crippen molar-refractivity contribution in [2.24, 2.45) is 0 Å². The zero-order chi connectivity index (χ0) is 18.0. The van der Waals surface area contributed by atoms with E-state index in [9.17, 15) is 14.0 Å². The topological polar surface area (TPSA) is 61.8 Å². The average Bonchev–Trinajstić information content (AvgIpc) is 2.91. The molecule has 128 valence electrons. The maximum absolute atomic E-state index is 13.7. The summed E-state index contributed by atoms with van der Waals surface area (Å²) in [4.78, 5) is 23.8. The number of carbonyl (C=O) groups is 2. The van der Waals surface area contributed by atoms with E-state index < -0.39 is 17.9 Å². The molecule has 2 aromatic rings. The van der Waals surface area contributed by atoms with E-state index in [0.717, 1.165) is 0 Å². The van der Waals surface area contributed by atoms with Gasteiger partial charge in [0.15, 0.2) is 11.9 Å². The minimum atomic E-state index is -0.798. The van der Waals surface area contributed by atoms with Crippen molar-refractivity contribution in [2.45, 2.75) is 13.0 Å². The molecule has 1 heterocycles. The van der Waals surface area contributed by atoms with E-state index in [4.69, 9.17) is 9.47 Å². The number of benzene rings is 2. The number of hydrogen-bond acceptors (Lipinski definition) is 5. The number of ketones is 1. The number of methoxy groups -OCH3 is 1. The van der Waals surface area contributed by atoms with Crippen LogP contribution < -0.4 is 9.47 Å². The molecule has 0 saturated carbocycles. The molecule has 1 aliphatic rings. The minimum Gasteiger partial charge on any atom is -0.479 e. The van der Waals surface area contributed by atoms with E-state index in [1.54, 1.807) is 37.3 Å². The molecule has 0 fully saturated rings. The monoisotopic (exact) mass is 342 g/mol. The molecule has 0 saturated heterocycles. The molecule has 0 amide bonds. The lowest BCUT2D eigenvalue weighted by molar-refractivity contribution is -0.147. The molecule has 0 aliphatic carbocycles. The Bertz CT molecular complexity index is 872. The first-order chi connectivity index (χ1) is 12.0. The second-order valence-electron chi connectivity index (χ2n) is 5.40. The van der Waals surface area contributed by atoms with Crippen molar-refractivity contribution in [3.63, 3.8) is 0 Å². The molecular weight excluding hydrogens is 327 g/mol. The van der Waals surface area contributed by atoms with E-state index >= 15 is 0 Å². The lowest BCUT2D eigenvalue weighted by atomic mass is 10.1. The number of halogens is 1. The summed E-state index contributed by atoms with van der Waals surface area (Å²) in [6, 6.07) is 10.7. The lowest BCUT2D eigenvalue weighted by Gasteiger charge is -2.12. The molecule has 25 heavy (non-hydrogen) atoms. The maximum atomic E-state index is 13.7. The summed E-state index contributed by atoms with van der Waals surface area (Å²) < 4.78 is 29.3. The predicted molar refractivity (Wildman–Crippen MR) is 87.9 cm³/mol. The molecule has 1 aliphatic heterocycles. The van der Waals surface area contributed by atoms with Gasteiger partial charge in [-0.15, -0.1) is 0 Å². The molecule has 6 heteroatoms. The van der Waals surface area contributed by atoms with E-state index in [0.29, 0.717) is 17.1 Å². The van der Waals surface area contributed by atoms with Crippen molar-refractivity contribution >= 4 is 17.8 Å². The zero-order valence-corrected chi connectivity index (χ0v) is 13.6. The Morgan fingerprint density at radius 3 is 2.72 bits per heavy atom. The van der Waals surface area contributed by atoms with Gasteiger partial charge in [0.1, 0.15) is 17.3 Å². The van der Waals surface area contributed by atoms with Crippen LogP contribution in [0.3, 0.4) is 0 Å². The van der Waals surface area contributed by atoms with Gasteiger partial charge >= 0.3 is 5.97 Å². The second-order valence-corrected chi connectivity index (χ2v) is 5.40. The normalized spacial score (nSPS) is 15.5. The highest BCUT2D eigenvalue weighted by Gasteiger charge is 2.28. The number of rotatable bonds is 4. The number of ether oxygens (including phenoxy) is 3. The minimum absolute atomic E-state index is 0.0262. The van der Waals surface area contributed by atoms with Crippen molar-refractivity contribution in [3.8, 4) is 11.5 Å². The van der Waals surface area contributed by atoms with Crippen LogP contribution in [0.25, 0.3) is 6.08 Å². The fourth-order valence-electron chi connectivity index (χ4n) is 2.39. The number of carbonyl (C=O) groups excluding carboxylic acids is 2. The second kappa shape index (κ2) is 6.76. The van der Waals surface area contributed by atoms with Crippen molar-refractivity contribution in [3.05, 3.63) is 65.2 Å². The maximum Gasteiger partial charge on any atom is 0.346 e. The molecule has 0 aromatic heterocycles. The summed E-state index contributed by atoms with van der Waals surface area (Å²) in [5.41, 5.74) is 0.607. The largest absolute Gasteiger partial charge is 0.479 e. The van der Waals surface area contributed by atoms with Gasteiger partial charge < -0.3 is 14.2 Å². The van der Waals surface area contributed by atoms with Crippen molar-refractivity contribution in [1.29, 1.82) is 0 Å². The van der Waals surface area contributed by atoms with Crippen LogP contribution in [-0.2, 0) is 9.53 Å². The Morgan fingerprint density at radius 1 is 1.24 bits per heavy atom. The Balaban J connectivity index is 1.84. The van der Waals surface area contributed by atoms with Crippen LogP contribution in [0.4, 0.5) is 4.39 Å². The van der Waals surface area contributed by atoms with Crippen LogP contribution in [0.2, 0.25) is 0 Å². The molecule has 5 nitrogen and oxygen atoms in total. The van der Waals surface area contributed by atoms with Crippen LogP contribution in [0.1, 0.15) is 22.8 Å². The van der Waals surface area contributed by atoms with Gasteiger partial charge in [-0.05, 0) is 31.2 Å². The Morgan fingerprint density at radius 2 is 2.00 bits per heavy atom. The predicted octanol–water partition coefficient (Wildman–Crippen LogP) is 3.38. The van der Waals surface area contributed by atoms with Gasteiger partial charge in [-0.2, -0.15) is 0 Å². The summed E-state index contributed by atoms with van der Waals surface area (Å²) in [5, 5.41) is 0. The summed E-state index contributed by atoms with van der Waals surface area (Å²) in [5.74, 6) is -0.626. The van der Waals surface area contributed by atoms with Gasteiger partial charge in [-0.25, -0.2) is 9.18 Å². The van der Waals surface area contributed by atoms with Gasteiger partial charge in [-0.1, -0.05) is 18.2 Å².